The van der Waals surface area contributed by atoms with Gasteiger partial charge in [-0.05, 0) is 44.0 Å². The maximum absolute atomic E-state index is 14.1. The molecule has 104 valence electrons. The molecule has 0 saturated carbocycles. The Kier molecular flexibility index (Phi) is 4.17. The summed E-state index contributed by atoms with van der Waals surface area (Å²) in [5.74, 6) is -1.05. The Morgan fingerprint density at radius 1 is 1.58 bits per heavy atom. The Morgan fingerprint density at radius 3 is 2.95 bits per heavy atom. The molecule has 0 bridgehead atoms. The fourth-order valence-corrected chi connectivity index (χ4v) is 2.64. The lowest BCUT2D eigenvalue weighted by Crippen LogP contribution is -2.39. The summed E-state index contributed by atoms with van der Waals surface area (Å²) in [6, 6.07) is 3.19. The van der Waals surface area contributed by atoms with Crippen LogP contribution in [-0.4, -0.2) is 28.6 Å². The molecule has 1 aliphatic rings. The van der Waals surface area contributed by atoms with Gasteiger partial charge in [-0.15, -0.1) is 0 Å². The van der Waals surface area contributed by atoms with Crippen molar-refractivity contribution in [2.45, 2.75) is 39.3 Å². The van der Waals surface area contributed by atoms with Crippen molar-refractivity contribution in [1.82, 2.24) is 10.4 Å². The van der Waals surface area contributed by atoms with E-state index in [9.17, 15) is 9.18 Å². The number of hydroxylamine groups is 1. The van der Waals surface area contributed by atoms with Gasteiger partial charge in [0.25, 0.3) is 5.91 Å². The van der Waals surface area contributed by atoms with Crippen LogP contribution in [0.25, 0.3) is 0 Å². The van der Waals surface area contributed by atoms with Crippen molar-refractivity contribution < 1.29 is 14.4 Å². The molecule has 1 aromatic carbocycles. The number of fused-ring (bicyclic) bond motifs is 1. The second-order valence-electron chi connectivity index (χ2n) is 5.06. The highest BCUT2D eigenvalue weighted by atomic mass is 19.1. The Morgan fingerprint density at radius 2 is 2.32 bits per heavy atom. The molecule has 0 radical (unpaired) electrons. The molecule has 4 nitrogen and oxygen atoms in total. The number of hydrogen-bond donors (Lipinski definition) is 2. The van der Waals surface area contributed by atoms with Crippen molar-refractivity contribution in [3.8, 4) is 0 Å². The smallest absolute Gasteiger partial charge is 0.274 e. The monoisotopic (exact) mass is 266 g/mol. The fraction of sp³-hybridized carbons (Fsp3) is 0.500. The van der Waals surface area contributed by atoms with Crippen LogP contribution in [0.2, 0.25) is 0 Å². The van der Waals surface area contributed by atoms with Crippen molar-refractivity contribution >= 4 is 5.91 Å². The number of benzene rings is 1. The first-order valence-corrected chi connectivity index (χ1v) is 6.56. The summed E-state index contributed by atoms with van der Waals surface area (Å²) in [5.41, 5.74) is 3.23. The molecule has 0 fully saturated rings. The number of halogens is 1. The molecular weight excluding hydrogens is 247 g/mol. The number of carbonyl (C=O) groups excluding carboxylic acids is 1. The molecule has 1 aromatic rings. The first kappa shape index (κ1) is 14.0. The van der Waals surface area contributed by atoms with E-state index < -0.39 is 5.91 Å². The molecule has 2 N–H and O–H groups in total. The van der Waals surface area contributed by atoms with E-state index in [4.69, 9.17) is 5.21 Å². The van der Waals surface area contributed by atoms with Gasteiger partial charge in [-0.3, -0.25) is 14.9 Å². The minimum atomic E-state index is -0.676. The van der Waals surface area contributed by atoms with Gasteiger partial charge < -0.3 is 0 Å². The van der Waals surface area contributed by atoms with Crippen LogP contribution in [0.15, 0.2) is 12.1 Å². The summed E-state index contributed by atoms with van der Waals surface area (Å²) in [6.07, 6.45) is 1.76. The Balaban J connectivity index is 2.34. The van der Waals surface area contributed by atoms with Crippen LogP contribution in [0.4, 0.5) is 4.39 Å². The summed E-state index contributed by atoms with van der Waals surface area (Å²) < 4.78 is 14.1. The molecule has 0 spiro atoms. The van der Waals surface area contributed by atoms with E-state index in [2.05, 4.69) is 18.7 Å². The second kappa shape index (κ2) is 5.67. The first-order chi connectivity index (χ1) is 9.06. The molecule has 1 aliphatic heterocycles. The van der Waals surface area contributed by atoms with Gasteiger partial charge in [0.15, 0.2) is 0 Å². The predicted molar refractivity (Wildman–Crippen MR) is 69.5 cm³/mol. The van der Waals surface area contributed by atoms with Gasteiger partial charge in [-0.1, -0.05) is 6.92 Å². The highest BCUT2D eigenvalue weighted by Crippen LogP contribution is 2.27. The Bertz CT molecular complexity index is 491. The number of rotatable bonds is 3. The molecule has 1 atom stereocenters. The molecule has 0 aromatic heterocycles. The van der Waals surface area contributed by atoms with E-state index in [-0.39, 0.29) is 11.4 Å². The highest BCUT2D eigenvalue weighted by molar-refractivity contribution is 5.93. The van der Waals surface area contributed by atoms with Gasteiger partial charge in [-0.25, -0.2) is 9.87 Å². The van der Waals surface area contributed by atoms with E-state index in [1.165, 1.54) is 11.5 Å². The van der Waals surface area contributed by atoms with Crippen LogP contribution in [0, 0.1) is 5.82 Å². The maximum atomic E-state index is 14.1. The number of nitrogens with one attached hydrogen (secondary N) is 1. The van der Waals surface area contributed by atoms with Crippen molar-refractivity contribution in [3.63, 3.8) is 0 Å². The lowest BCUT2D eigenvalue weighted by Gasteiger charge is -2.35. The average molecular weight is 266 g/mol. The van der Waals surface area contributed by atoms with Gasteiger partial charge in [0.1, 0.15) is 5.82 Å². The summed E-state index contributed by atoms with van der Waals surface area (Å²) in [5, 5.41) is 8.62. The maximum Gasteiger partial charge on any atom is 0.274 e. The van der Waals surface area contributed by atoms with Crippen LogP contribution in [-0.2, 0) is 13.0 Å². The minimum Gasteiger partial charge on any atom is -0.296 e. The van der Waals surface area contributed by atoms with Crippen LogP contribution >= 0.6 is 0 Å². The van der Waals surface area contributed by atoms with Gasteiger partial charge in [0.05, 0.1) is 0 Å². The molecule has 1 heterocycles. The van der Waals surface area contributed by atoms with Gasteiger partial charge in [0, 0.05) is 23.7 Å². The molecule has 1 amide bonds. The molecule has 5 heteroatoms. The van der Waals surface area contributed by atoms with Crippen LogP contribution in [0.3, 0.4) is 0 Å². The van der Waals surface area contributed by atoms with Crippen molar-refractivity contribution in [2.24, 2.45) is 0 Å². The standard InChI is InChI=1S/C14H19FN2O2/c1-3-4-17-8-12-10(5-9(17)2)6-11(7-13(12)15)14(18)16-19/h6-7,9,19H,3-5,8H2,1-2H3,(H,16,18). The lowest BCUT2D eigenvalue weighted by atomic mass is 9.92. The zero-order valence-corrected chi connectivity index (χ0v) is 11.2. The van der Waals surface area contributed by atoms with E-state index in [1.807, 2.05) is 0 Å². The highest BCUT2D eigenvalue weighted by Gasteiger charge is 2.25. The normalized spacial score (nSPS) is 19.1. The summed E-state index contributed by atoms with van der Waals surface area (Å²) >= 11 is 0. The quantitative estimate of drug-likeness (QED) is 0.650. The lowest BCUT2D eigenvalue weighted by molar-refractivity contribution is 0.0705. The third-order valence-electron chi connectivity index (χ3n) is 3.66. The number of carbonyl (C=O) groups is 1. The third-order valence-corrected chi connectivity index (χ3v) is 3.66. The zero-order chi connectivity index (χ0) is 14.0. The largest absolute Gasteiger partial charge is 0.296 e. The molecule has 19 heavy (non-hydrogen) atoms. The number of amides is 1. The summed E-state index contributed by atoms with van der Waals surface area (Å²) in [4.78, 5) is 13.6. The van der Waals surface area contributed by atoms with E-state index >= 15 is 0 Å². The van der Waals surface area contributed by atoms with Gasteiger partial charge in [-0.2, -0.15) is 0 Å². The van der Waals surface area contributed by atoms with Crippen molar-refractivity contribution in [3.05, 3.63) is 34.6 Å². The average Bonchev–Trinajstić information content (AvgIpc) is 2.39. The summed E-state index contributed by atoms with van der Waals surface area (Å²) in [6.45, 7) is 5.73. The molecule has 0 aliphatic carbocycles. The molecule has 1 unspecified atom stereocenters. The molecule has 2 rings (SSSR count). The van der Waals surface area contributed by atoms with Crippen LogP contribution in [0.5, 0.6) is 0 Å². The fourth-order valence-electron chi connectivity index (χ4n) is 2.64. The SMILES string of the molecule is CCCN1Cc2c(F)cc(C(=O)NO)cc2CC1C. The third kappa shape index (κ3) is 2.77. The zero-order valence-electron chi connectivity index (χ0n) is 11.2. The van der Waals surface area contributed by atoms with E-state index in [0.717, 1.165) is 24.9 Å². The predicted octanol–water partition coefficient (Wildman–Crippen LogP) is 2.10. The van der Waals surface area contributed by atoms with Gasteiger partial charge >= 0.3 is 0 Å². The van der Waals surface area contributed by atoms with Crippen molar-refractivity contribution in [2.75, 3.05) is 6.54 Å². The second-order valence-corrected chi connectivity index (χ2v) is 5.06. The molecule has 0 saturated heterocycles. The Hall–Kier alpha value is -1.46. The Labute approximate surface area is 112 Å². The number of hydrogen-bond acceptors (Lipinski definition) is 3. The van der Waals surface area contributed by atoms with E-state index in [0.29, 0.717) is 18.2 Å². The van der Waals surface area contributed by atoms with E-state index in [1.54, 1.807) is 6.07 Å². The van der Waals surface area contributed by atoms with Crippen LogP contribution in [0.1, 0.15) is 41.8 Å². The minimum absolute atomic E-state index is 0.162. The van der Waals surface area contributed by atoms with Crippen molar-refractivity contribution in [1.29, 1.82) is 0 Å². The number of nitrogens with zero attached hydrogens (tertiary/aromatic N) is 1. The van der Waals surface area contributed by atoms with Crippen LogP contribution < -0.4 is 5.48 Å². The summed E-state index contributed by atoms with van der Waals surface area (Å²) in [7, 11) is 0. The van der Waals surface area contributed by atoms with Gasteiger partial charge in [0.2, 0.25) is 0 Å². The topological polar surface area (TPSA) is 52.6 Å². The molecular formula is C14H19FN2O2. The first-order valence-electron chi connectivity index (χ1n) is 6.56.